The van der Waals surface area contributed by atoms with Crippen LogP contribution in [0, 0.1) is 6.92 Å². The predicted octanol–water partition coefficient (Wildman–Crippen LogP) is 5.47. The summed E-state index contributed by atoms with van der Waals surface area (Å²) in [5.41, 5.74) is 4.51. The second-order valence-corrected chi connectivity index (χ2v) is 8.20. The van der Waals surface area contributed by atoms with E-state index in [0.29, 0.717) is 17.7 Å². The maximum absolute atomic E-state index is 12.9. The Labute approximate surface area is 168 Å². The summed E-state index contributed by atoms with van der Waals surface area (Å²) in [5, 5.41) is 3.03. The van der Waals surface area contributed by atoms with Gasteiger partial charge in [-0.25, -0.2) is 0 Å². The summed E-state index contributed by atoms with van der Waals surface area (Å²) in [7, 11) is 4.02. The highest BCUT2D eigenvalue weighted by Crippen LogP contribution is 2.36. The number of fused-ring (bicyclic) bond motifs is 1. The van der Waals surface area contributed by atoms with Crippen LogP contribution in [0.1, 0.15) is 20.8 Å². The molecular weight excluding hydrogens is 368 g/mol. The summed E-state index contributed by atoms with van der Waals surface area (Å²) in [6.07, 6.45) is 0. The second kappa shape index (κ2) is 7.52. The SMILES string of the molecule is Cc1sc2cc(-c3ccccc3)oc2c1C(=O)NCc1ccc(N(C)C)cc1. The molecule has 0 spiro atoms. The lowest BCUT2D eigenvalue weighted by Crippen LogP contribution is -2.23. The van der Waals surface area contributed by atoms with Crippen LogP contribution in [0.25, 0.3) is 21.6 Å². The zero-order valence-corrected chi connectivity index (χ0v) is 17.0. The lowest BCUT2D eigenvalue weighted by molar-refractivity contribution is 0.0951. The molecule has 0 aliphatic carbocycles. The van der Waals surface area contributed by atoms with Crippen molar-refractivity contribution in [1.82, 2.24) is 5.32 Å². The van der Waals surface area contributed by atoms with E-state index >= 15 is 0 Å². The molecule has 0 unspecified atom stereocenters. The van der Waals surface area contributed by atoms with Crippen molar-refractivity contribution in [2.45, 2.75) is 13.5 Å². The van der Waals surface area contributed by atoms with E-state index in [1.54, 1.807) is 11.3 Å². The van der Waals surface area contributed by atoms with Crippen LogP contribution in [0.2, 0.25) is 0 Å². The van der Waals surface area contributed by atoms with Crippen LogP contribution in [0.3, 0.4) is 0 Å². The first-order valence-electron chi connectivity index (χ1n) is 9.16. The fourth-order valence-corrected chi connectivity index (χ4v) is 4.21. The molecule has 0 radical (unpaired) electrons. The third-order valence-corrected chi connectivity index (χ3v) is 5.76. The number of amides is 1. The Kier molecular flexibility index (Phi) is 4.92. The van der Waals surface area contributed by atoms with Crippen LogP contribution in [0.4, 0.5) is 5.69 Å². The van der Waals surface area contributed by atoms with Crippen LogP contribution < -0.4 is 10.2 Å². The van der Waals surface area contributed by atoms with Gasteiger partial charge in [-0.05, 0) is 24.6 Å². The molecule has 2 aromatic carbocycles. The molecule has 0 atom stereocenters. The molecule has 0 saturated heterocycles. The van der Waals surface area contributed by atoms with Gasteiger partial charge in [0.1, 0.15) is 5.76 Å². The summed E-state index contributed by atoms with van der Waals surface area (Å²) >= 11 is 1.59. The zero-order valence-electron chi connectivity index (χ0n) is 16.2. The quantitative estimate of drug-likeness (QED) is 0.492. The van der Waals surface area contributed by atoms with Gasteiger partial charge in [0.2, 0.25) is 0 Å². The lowest BCUT2D eigenvalue weighted by Gasteiger charge is -2.13. The van der Waals surface area contributed by atoms with E-state index in [0.717, 1.165) is 32.2 Å². The van der Waals surface area contributed by atoms with E-state index in [1.165, 1.54) is 0 Å². The largest absolute Gasteiger partial charge is 0.454 e. The molecule has 1 N–H and O–H groups in total. The van der Waals surface area contributed by atoms with Crippen molar-refractivity contribution in [3.05, 3.63) is 76.7 Å². The van der Waals surface area contributed by atoms with Crippen LogP contribution >= 0.6 is 11.3 Å². The molecule has 28 heavy (non-hydrogen) atoms. The highest BCUT2D eigenvalue weighted by atomic mass is 32.1. The summed E-state index contributed by atoms with van der Waals surface area (Å²) in [6.45, 7) is 2.44. The van der Waals surface area contributed by atoms with E-state index in [4.69, 9.17) is 4.42 Å². The molecule has 0 saturated carbocycles. The van der Waals surface area contributed by atoms with Crippen molar-refractivity contribution in [2.24, 2.45) is 0 Å². The van der Waals surface area contributed by atoms with Crippen LogP contribution in [-0.2, 0) is 6.54 Å². The number of benzene rings is 2. The molecule has 2 heterocycles. The van der Waals surface area contributed by atoms with Gasteiger partial charge in [-0.1, -0.05) is 42.5 Å². The molecule has 0 aliphatic rings. The number of anilines is 1. The molecule has 4 nitrogen and oxygen atoms in total. The van der Waals surface area contributed by atoms with E-state index in [1.807, 2.05) is 81.7 Å². The van der Waals surface area contributed by atoms with E-state index in [2.05, 4.69) is 10.2 Å². The lowest BCUT2D eigenvalue weighted by atomic mass is 10.2. The number of nitrogens with one attached hydrogen (secondary N) is 1. The fourth-order valence-electron chi connectivity index (χ4n) is 3.19. The number of hydrogen-bond donors (Lipinski definition) is 1. The van der Waals surface area contributed by atoms with Gasteiger partial charge in [0.25, 0.3) is 5.91 Å². The topological polar surface area (TPSA) is 45.5 Å². The van der Waals surface area contributed by atoms with Crippen LogP contribution in [-0.4, -0.2) is 20.0 Å². The zero-order chi connectivity index (χ0) is 19.7. The summed E-state index contributed by atoms with van der Waals surface area (Å²) < 4.78 is 7.06. The van der Waals surface area contributed by atoms with Crippen molar-refractivity contribution >= 4 is 33.2 Å². The average molecular weight is 391 g/mol. The molecule has 142 valence electrons. The van der Waals surface area contributed by atoms with Gasteiger partial charge in [0.15, 0.2) is 5.58 Å². The fraction of sp³-hybridized carbons (Fsp3) is 0.174. The third kappa shape index (κ3) is 3.53. The van der Waals surface area contributed by atoms with Crippen molar-refractivity contribution in [2.75, 3.05) is 19.0 Å². The Morgan fingerprint density at radius 3 is 2.46 bits per heavy atom. The first-order chi connectivity index (χ1) is 13.5. The Bertz CT molecular complexity index is 1110. The van der Waals surface area contributed by atoms with Crippen molar-refractivity contribution in [3.8, 4) is 11.3 Å². The Morgan fingerprint density at radius 1 is 1.07 bits per heavy atom. The van der Waals surface area contributed by atoms with E-state index < -0.39 is 0 Å². The molecule has 1 amide bonds. The van der Waals surface area contributed by atoms with Gasteiger partial charge >= 0.3 is 0 Å². The van der Waals surface area contributed by atoms with Crippen LogP contribution in [0.15, 0.2) is 65.1 Å². The molecule has 4 rings (SSSR count). The highest BCUT2D eigenvalue weighted by Gasteiger charge is 2.21. The smallest absolute Gasteiger partial charge is 0.256 e. The van der Waals surface area contributed by atoms with Crippen LogP contribution in [0.5, 0.6) is 0 Å². The molecule has 0 bridgehead atoms. The first kappa shape index (κ1) is 18.3. The van der Waals surface area contributed by atoms with Gasteiger partial charge in [-0.2, -0.15) is 0 Å². The van der Waals surface area contributed by atoms with Crippen molar-refractivity contribution in [3.63, 3.8) is 0 Å². The first-order valence-corrected chi connectivity index (χ1v) is 9.97. The number of carbonyl (C=O) groups excluding carboxylic acids is 1. The van der Waals surface area contributed by atoms with E-state index in [9.17, 15) is 4.79 Å². The van der Waals surface area contributed by atoms with Gasteiger partial charge in [0, 0.05) is 42.8 Å². The van der Waals surface area contributed by atoms with Gasteiger partial charge in [-0.3, -0.25) is 4.79 Å². The number of thiophene rings is 1. The number of aryl methyl sites for hydroxylation is 1. The molecule has 2 aromatic heterocycles. The van der Waals surface area contributed by atoms with Gasteiger partial charge < -0.3 is 14.6 Å². The maximum Gasteiger partial charge on any atom is 0.256 e. The number of furan rings is 1. The molecule has 4 aromatic rings. The van der Waals surface area contributed by atoms with Gasteiger partial charge in [0.05, 0.1) is 10.3 Å². The molecular formula is C23H22N2O2S. The minimum atomic E-state index is -0.102. The minimum Gasteiger partial charge on any atom is -0.454 e. The average Bonchev–Trinajstić information content (AvgIpc) is 3.23. The third-order valence-electron chi connectivity index (χ3n) is 4.73. The molecule has 5 heteroatoms. The summed E-state index contributed by atoms with van der Waals surface area (Å²) in [4.78, 5) is 15.9. The highest BCUT2D eigenvalue weighted by molar-refractivity contribution is 7.19. The molecule has 0 fully saturated rings. The number of hydrogen-bond acceptors (Lipinski definition) is 4. The van der Waals surface area contributed by atoms with E-state index in [-0.39, 0.29) is 5.91 Å². The standard InChI is InChI=1S/C23H22N2O2S/c1-15-21(23(26)24-14-16-9-11-18(12-10-16)25(2)3)22-20(28-15)13-19(27-22)17-7-5-4-6-8-17/h4-13H,14H2,1-3H3,(H,24,26). The minimum absolute atomic E-state index is 0.102. The Morgan fingerprint density at radius 2 is 1.79 bits per heavy atom. The number of rotatable bonds is 5. The Hall–Kier alpha value is -3.05. The normalized spacial score (nSPS) is 11.0. The predicted molar refractivity (Wildman–Crippen MR) is 116 cm³/mol. The Balaban J connectivity index is 1.55. The van der Waals surface area contributed by atoms with Crippen molar-refractivity contribution in [1.29, 1.82) is 0 Å². The monoisotopic (exact) mass is 390 g/mol. The van der Waals surface area contributed by atoms with Gasteiger partial charge in [-0.15, -0.1) is 11.3 Å². The summed E-state index contributed by atoms with van der Waals surface area (Å²) in [6, 6.07) is 20.1. The number of carbonyl (C=O) groups is 1. The number of nitrogens with zero attached hydrogens (tertiary/aromatic N) is 1. The summed E-state index contributed by atoms with van der Waals surface area (Å²) in [5.74, 6) is 0.685. The second-order valence-electron chi connectivity index (χ2n) is 6.95. The maximum atomic E-state index is 12.9. The van der Waals surface area contributed by atoms with Crippen molar-refractivity contribution < 1.29 is 9.21 Å². The molecule has 0 aliphatic heterocycles.